The first-order valence-corrected chi connectivity index (χ1v) is 21.9. The third-order valence-corrected chi connectivity index (χ3v) is 13.2. The predicted molar refractivity (Wildman–Crippen MR) is 267 cm³/mol. The van der Waals surface area contributed by atoms with Crippen LogP contribution in [0.25, 0.3) is 99.4 Å². The first kappa shape index (κ1) is 36.8. The summed E-state index contributed by atoms with van der Waals surface area (Å²) in [4.78, 5) is 0. The summed E-state index contributed by atoms with van der Waals surface area (Å²) in [6, 6.07) is 91.7. The zero-order valence-electron chi connectivity index (χ0n) is 34.7. The van der Waals surface area contributed by atoms with Gasteiger partial charge >= 0.3 is 0 Å². The summed E-state index contributed by atoms with van der Waals surface area (Å²) in [6.45, 7) is 0. The molecule has 0 nitrogen and oxygen atoms in total. The summed E-state index contributed by atoms with van der Waals surface area (Å²) in [5, 5.41) is 5.03. The second-order valence-electron chi connectivity index (χ2n) is 16.7. The SMILES string of the molecule is c1ccc(-c2cc(-c3ccccc3)cc(-c3ccc(-c4c5ccccc5c(-c5ccc6c(c5)C(c5ccccc5-c5ccccc5)c5ccccc5-6)c5ccccc45)cc3)c2)cc1. The highest BCUT2D eigenvalue weighted by Gasteiger charge is 2.32. The van der Waals surface area contributed by atoms with E-state index in [1.54, 1.807) is 0 Å². The number of benzene rings is 11. The van der Waals surface area contributed by atoms with E-state index in [-0.39, 0.29) is 5.92 Å². The van der Waals surface area contributed by atoms with Gasteiger partial charge in [0.15, 0.2) is 0 Å². The molecule has 0 saturated carbocycles. The van der Waals surface area contributed by atoms with E-state index < -0.39 is 0 Å². The molecule has 11 aromatic rings. The molecule has 1 atom stereocenters. The van der Waals surface area contributed by atoms with Crippen molar-refractivity contribution in [2.24, 2.45) is 0 Å². The summed E-state index contributed by atoms with van der Waals surface area (Å²) >= 11 is 0. The molecule has 12 rings (SSSR count). The van der Waals surface area contributed by atoms with Crippen molar-refractivity contribution in [1.82, 2.24) is 0 Å². The fourth-order valence-electron chi connectivity index (χ4n) is 10.3. The highest BCUT2D eigenvalue weighted by Crippen LogP contribution is 2.52. The van der Waals surface area contributed by atoms with Crippen LogP contribution in [0.1, 0.15) is 22.6 Å². The molecule has 0 N–H and O–H groups in total. The fourth-order valence-corrected chi connectivity index (χ4v) is 10.3. The van der Waals surface area contributed by atoms with E-state index in [1.165, 1.54) is 116 Å². The number of fused-ring (bicyclic) bond motifs is 5. The Morgan fingerprint density at radius 3 is 1.06 bits per heavy atom. The van der Waals surface area contributed by atoms with Gasteiger partial charge in [-0.15, -0.1) is 0 Å². The first-order valence-electron chi connectivity index (χ1n) is 21.9. The van der Waals surface area contributed by atoms with Crippen LogP contribution < -0.4 is 0 Å². The molecule has 0 saturated heterocycles. The van der Waals surface area contributed by atoms with Crippen molar-refractivity contribution in [3.63, 3.8) is 0 Å². The Morgan fingerprint density at radius 2 is 0.540 bits per heavy atom. The van der Waals surface area contributed by atoms with Crippen LogP contribution in [0.3, 0.4) is 0 Å². The molecule has 1 aliphatic rings. The average Bonchev–Trinajstić information content (AvgIpc) is 3.69. The molecular weight excluding hydrogens is 757 g/mol. The van der Waals surface area contributed by atoms with E-state index in [2.05, 4.69) is 249 Å². The maximum atomic E-state index is 2.50. The summed E-state index contributed by atoms with van der Waals surface area (Å²) in [5.74, 6) is 0.111. The Kier molecular flexibility index (Phi) is 9.01. The molecule has 0 heterocycles. The Hall–Kier alpha value is -8.06. The molecule has 0 bridgehead atoms. The van der Waals surface area contributed by atoms with E-state index in [4.69, 9.17) is 0 Å². The van der Waals surface area contributed by atoms with Crippen molar-refractivity contribution < 1.29 is 0 Å². The Morgan fingerprint density at radius 1 is 0.190 bits per heavy atom. The molecular formula is C63H42. The van der Waals surface area contributed by atoms with Gasteiger partial charge in [-0.1, -0.05) is 224 Å². The van der Waals surface area contributed by atoms with Gasteiger partial charge in [-0.2, -0.15) is 0 Å². The maximum absolute atomic E-state index is 2.50. The van der Waals surface area contributed by atoms with Gasteiger partial charge in [0.05, 0.1) is 0 Å². The van der Waals surface area contributed by atoms with Gasteiger partial charge in [0.1, 0.15) is 0 Å². The summed E-state index contributed by atoms with van der Waals surface area (Å²) in [5.41, 5.74) is 21.5. The van der Waals surface area contributed by atoms with Gasteiger partial charge in [-0.3, -0.25) is 0 Å². The smallest absolute Gasteiger partial charge is 0.0358 e. The molecule has 11 aromatic carbocycles. The number of hydrogen-bond acceptors (Lipinski definition) is 0. The fraction of sp³-hybridized carbons (Fsp3) is 0.0159. The van der Waals surface area contributed by atoms with Gasteiger partial charge < -0.3 is 0 Å². The van der Waals surface area contributed by atoms with Crippen LogP contribution >= 0.6 is 0 Å². The first-order chi connectivity index (χ1) is 31.3. The second-order valence-corrected chi connectivity index (χ2v) is 16.7. The molecule has 63 heavy (non-hydrogen) atoms. The minimum absolute atomic E-state index is 0.111. The summed E-state index contributed by atoms with van der Waals surface area (Å²) in [7, 11) is 0. The minimum Gasteiger partial charge on any atom is -0.0622 e. The van der Waals surface area contributed by atoms with Crippen LogP contribution in [-0.4, -0.2) is 0 Å². The normalized spacial score (nSPS) is 12.9. The van der Waals surface area contributed by atoms with Crippen LogP contribution in [0.2, 0.25) is 0 Å². The Labute approximate surface area is 369 Å². The molecule has 294 valence electrons. The van der Waals surface area contributed by atoms with Gasteiger partial charge in [0.2, 0.25) is 0 Å². The summed E-state index contributed by atoms with van der Waals surface area (Å²) < 4.78 is 0. The molecule has 0 amide bonds. The van der Waals surface area contributed by atoms with Crippen molar-refractivity contribution in [3.8, 4) is 77.9 Å². The van der Waals surface area contributed by atoms with Crippen LogP contribution in [-0.2, 0) is 0 Å². The third-order valence-electron chi connectivity index (χ3n) is 13.2. The van der Waals surface area contributed by atoms with Crippen LogP contribution in [0.5, 0.6) is 0 Å². The number of rotatable bonds is 7. The molecule has 0 heteroatoms. The van der Waals surface area contributed by atoms with E-state index in [9.17, 15) is 0 Å². The van der Waals surface area contributed by atoms with Crippen LogP contribution in [0.15, 0.2) is 249 Å². The second kappa shape index (κ2) is 15.4. The lowest BCUT2D eigenvalue weighted by Crippen LogP contribution is -2.02. The zero-order chi connectivity index (χ0) is 41.7. The molecule has 0 aromatic heterocycles. The van der Waals surface area contributed by atoms with Crippen LogP contribution in [0, 0.1) is 0 Å². The monoisotopic (exact) mass is 798 g/mol. The topological polar surface area (TPSA) is 0 Å². The van der Waals surface area contributed by atoms with Gasteiger partial charge in [0.25, 0.3) is 0 Å². The molecule has 0 spiro atoms. The highest BCUT2D eigenvalue weighted by molar-refractivity contribution is 6.21. The van der Waals surface area contributed by atoms with Crippen molar-refractivity contribution in [1.29, 1.82) is 0 Å². The van der Waals surface area contributed by atoms with Gasteiger partial charge in [-0.05, 0) is 140 Å². The van der Waals surface area contributed by atoms with Crippen molar-refractivity contribution >= 4 is 21.5 Å². The van der Waals surface area contributed by atoms with E-state index in [0.717, 1.165) is 0 Å². The summed E-state index contributed by atoms with van der Waals surface area (Å²) in [6.07, 6.45) is 0. The van der Waals surface area contributed by atoms with Crippen molar-refractivity contribution in [3.05, 3.63) is 265 Å². The molecule has 0 fully saturated rings. The minimum atomic E-state index is 0.111. The van der Waals surface area contributed by atoms with E-state index in [0.29, 0.717) is 0 Å². The van der Waals surface area contributed by atoms with Crippen LogP contribution in [0.4, 0.5) is 0 Å². The Bertz CT molecular complexity index is 3360. The van der Waals surface area contributed by atoms with E-state index in [1.807, 2.05) is 0 Å². The molecule has 1 aliphatic carbocycles. The largest absolute Gasteiger partial charge is 0.0622 e. The van der Waals surface area contributed by atoms with Crippen molar-refractivity contribution in [2.75, 3.05) is 0 Å². The lowest BCUT2D eigenvalue weighted by molar-refractivity contribution is 1.02. The average molecular weight is 799 g/mol. The maximum Gasteiger partial charge on any atom is 0.0358 e. The standard InChI is InChI=1S/C63H42/c1-4-18-42(19-5-1)48-38-49(43-20-6-2-7-21-43)40-50(39-48)44-32-34-46(35-33-44)61-56-28-14-16-30-58(56)62(59-31-17-15-29-57(59)61)47-36-37-53-52-25-11-13-27-55(52)63(60(53)41-47)54-26-12-10-24-51(54)45-22-8-3-9-23-45/h1-41,63H. The lowest BCUT2D eigenvalue weighted by Gasteiger charge is -2.21. The third kappa shape index (κ3) is 6.39. The predicted octanol–water partition coefficient (Wildman–Crippen LogP) is 17.2. The quantitative estimate of drug-likeness (QED) is 0.141. The zero-order valence-corrected chi connectivity index (χ0v) is 34.7. The lowest BCUT2D eigenvalue weighted by atomic mass is 9.82. The highest BCUT2D eigenvalue weighted by atomic mass is 14.3. The molecule has 0 radical (unpaired) electrons. The van der Waals surface area contributed by atoms with Crippen molar-refractivity contribution in [2.45, 2.75) is 5.92 Å². The number of hydrogen-bond donors (Lipinski definition) is 0. The van der Waals surface area contributed by atoms with Gasteiger partial charge in [-0.25, -0.2) is 0 Å². The Balaban J connectivity index is 1.00. The van der Waals surface area contributed by atoms with Gasteiger partial charge in [0, 0.05) is 5.92 Å². The van der Waals surface area contributed by atoms with E-state index >= 15 is 0 Å². The molecule has 0 aliphatic heterocycles. The molecule has 1 unspecified atom stereocenters.